The molecule has 1 aromatic carbocycles. The summed E-state index contributed by atoms with van der Waals surface area (Å²) in [6.45, 7) is 6.23. The molecule has 34 heavy (non-hydrogen) atoms. The van der Waals surface area contributed by atoms with Crippen LogP contribution in [0.3, 0.4) is 0 Å². The Kier molecular flexibility index (Phi) is 8.80. The summed E-state index contributed by atoms with van der Waals surface area (Å²) >= 11 is 0. The van der Waals surface area contributed by atoms with Crippen molar-refractivity contribution >= 4 is 11.7 Å². The van der Waals surface area contributed by atoms with E-state index in [4.69, 9.17) is 9.47 Å². The number of rotatable bonds is 8. The van der Waals surface area contributed by atoms with E-state index in [0.717, 1.165) is 23.2 Å². The Morgan fingerprint density at radius 2 is 2.00 bits per heavy atom. The number of amides is 1. The summed E-state index contributed by atoms with van der Waals surface area (Å²) in [5, 5.41) is 6.18. The number of allylic oxidation sites excluding steroid dienone is 3. The van der Waals surface area contributed by atoms with Gasteiger partial charge in [-0.05, 0) is 43.2 Å². The third kappa shape index (κ3) is 6.45. The van der Waals surface area contributed by atoms with E-state index in [9.17, 15) is 4.79 Å². The third-order valence-corrected chi connectivity index (χ3v) is 4.99. The van der Waals surface area contributed by atoms with Crippen molar-refractivity contribution < 1.29 is 17.1 Å². The van der Waals surface area contributed by atoms with Crippen LogP contribution in [0.1, 0.15) is 44.6 Å². The summed E-state index contributed by atoms with van der Waals surface area (Å²) in [6, 6.07) is 12.7. The lowest BCUT2D eigenvalue weighted by atomic mass is 10.1. The average Bonchev–Trinajstić information content (AvgIpc) is 3.39. The highest BCUT2D eigenvalue weighted by molar-refractivity contribution is 5.96. The van der Waals surface area contributed by atoms with Crippen LogP contribution in [0.25, 0.3) is 0 Å². The van der Waals surface area contributed by atoms with E-state index in [1.165, 1.54) is 0 Å². The number of carbonyl (C=O) groups is 1. The van der Waals surface area contributed by atoms with Crippen molar-refractivity contribution in [3.63, 3.8) is 0 Å². The molecule has 1 aliphatic carbocycles. The molecule has 7 heteroatoms. The lowest BCUT2D eigenvalue weighted by molar-refractivity contribution is 0.0950. The van der Waals surface area contributed by atoms with E-state index in [2.05, 4.69) is 32.8 Å². The van der Waals surface area contributed by atoms with Gasteiger partial charge in [0.05, 0.1) is 7.11 Å². The molecule has 0 saturated heterocycles. The fourth-order valence-electron chi connectivity index (χ4n) is 3.25. The molecule has 4 rings (SSSR count). The van der Waals surface area contributed by atoms with Crippen molar-refractivity contribution in [1.82, 2.24) is 15.3 Å². The number of aromatic nitrogens is 2. The topological polar surface area (TPSA) is 85.4 Å². The van der Waals surface area contributed by atoms with Gasteiger partial charge in [0, 0.05) is 50.7 Å². The van der Waals surface area contributed by atoms with Crippen molar-refractivity contribution in [1.29, 1.82) is 0 Å². The zero-order valence-electron chi connectivity index (χ0n) is 20.0. The molecular weight excluding hydrogens is 428 g/mol. The summed E-state index contributed by atoms with van der Waals surface area (Å²) < 4.78 is 11.1. The van der Waals surface area contributed by atoms with Crippen LogP contribution in [-0.2, 0) is 6.54 Å². The molecule has 0 bridgehead atoms. The van der Waals surface area contributed by atoms with Crippen LogP contribution in [-0.4, -0.2) is 23.0 Å². The van der Waals surface area contributed by atoms with E-state index in [1.54, 1.807) is 43.8 Å². The maximum absolute atomic E-state index is 12.8. The van der Waals surface area contributed by atoms with Crippen LogP contribution in [0, 0.1) is 6.92 Å². The first-order valence-corrected chi connectivity index (χ1v) is 11.3. The van der Waals surface area contributed by atoms with Gasteiger partial charge >= 0.3 is 0 Å². The van der Waals surface area contributed by atoms with Gasteiger partial charge in [-0.15, -0.1) is 0 Å². The Labute approximate surface area is 203 Å². The number of ether oxygens (including phenoxy) is 2. The Morgan fingerprint density at radius 1 is 1.15 bits per heavy atom. The zero-order valence-corrected chi connectivity index (χ0v) is 20.0. The number of carbonyl (C=O) groups excluding carboxylic acids is 1. The summed E-state index contributed by atoms with van der Waals surface area (Å²) in [4.78, 5) is 21.3. The zero-order chi connectivity index (χ0) is 24.3. The van der Waals surface area contributed by atoms with Gasteiger partial charge in [-0.25, -0.2) is 9.97 Å². The maximum Gasteiger partial charge on any atom is 0.251 e. The predicted molar refractivity (Wildman–Crippen MR) is 138 cm³/mol. The van der Waals surface area contributed by atoms with Crippen LogP contribution in [0.4, 0.5) is 5.82 Å². The van der Waals surface area contributed by atoms with Crippen LogP contribution in [0.2, 0.25) is 0 Å². The number of nitrogens with one attached hydrogen (secondary N) is 2. The predicted octanol–water partition coefficient (Wildman–Crippen LogP) is 6.29. The van der Waals surface area contributed by atoms with Gasteiger partial charge in [-0.2, -0.15) is 0 Å². The SMILES string of the molecule is CC.COc1ccc(CNC(=O)c2cccc(Oc3ccnc(NC4=CCC=C4)c3)c2C)cn1.[HH].[HH]. The van der Waals surface area contributed by atoms with Crippen molar-refractivity contribution in [3.05, 3.63) is 95.5 Å². The number of anilines is 1. The number of hydrogen-bond acceptors (Lipinski definition) is 6. The summed E-state index contributed by atoms with van der Waals surface area (Å²) in [6.07, 6.45) is 10.5. The molecule has 0 aliphatic heterocycles. The van der Waals surface area contributed by atoms with Crippen molar-refractivity contribution in [2.75, 3.05) is 12.4 Å². The molecule has 0 fully saturated rings. The Bertz CT molecular complexity index is 1180. The molecule has 0 radical (unpaired) electrons. The van der Waals surface area contributed by atoms with Crippen molar-refractivity contribution in [2.24, 2.45) is 0 Å². The van der Waals surface area contributed by atoms with E-state index in [1.807, 2.05) is 45.0 Å². The summed E-state index contributed by atoms with van der Waals surface area (Å²) in [5.41, 5.74) is 3.20. The number of methoxy groups -OCH3 is 1. The average molecular weight is 463 g/mol. The molecule has 0 unspecified atom stereocenters. The molecular formula is C27H34N4O3. The molecule has 2 N–H and O–H groups in total. The molecule has 7 nitrogen and oxygen atoms in total. The quantitative estimate of drug-likeness (QED) is 0.409. The third-order valence-electron chi connectivity index (χ3n) is 4.99. The fourth-order valence-corrected chi connectivity index (χ4v) is 3.25. The highest BCUT2D eigenvalue weighted by atomic mass is 16.5. The largest absolute Gasteiger partial charge is 0.481 e. The number of benzene rings is 1. The highest BCUT2D eigenvalue weighted by Crippen LogP contribution is 2.28. The van der Waals surface area contributed by atoms with E-state index in [-0.39, 0.29) is 8.76 Å². The van der Waals surface area contributed by atoms with Gasteiger partial charge in [0.15, 0.2) is 0 Å². The highest BCUT2D eigenvalue weighted by Gasteiger charge is 2.13. The van der Waals surface area contributed by atoms with E-state index < -0.39 is 0 Å². The minimum atomic E-state index is -0.180. The van der Waals surface area contributed by atoms with Crippen LogP contribution >= 0.6 is 0 Å². The van der Waals surface area contributed by atoms with Crippen LogP contribution in [0.5, 0.6) is 17.4 Å². The molecule has 0 saturated carbocycles. The minimum absolute atomic E-state index is 0. The maximum atomic E-state index is 12.8. The van der Waals surface area contributed by atoms with E-state index in [0.29, 0.717) is 35.3 Å². The molecule has 180 valence electrons. The second-order valence-electron chi connectivity index (χ2n) is 7.22. The number of pyridine rings is 2. The summed E-state index contributed by atoms with van der Waals surface area (Å²) in [5.74, 6) is 2.29. The second kappa shape index (κ2) is 12.2. The number of hydrogen-bond donors (Lipinski definition) is 2. The molecule has 0 atom stereocenters. The Hall–Kier alpha value is -4.13. The Morgan fingerprint density at radius 3 is 2.71 bits per heavy atom. The standard InChI is InChI=1S/C25H24N4O3.C2H6.2H2/c1-17-21(25(30)28-16-18-10-11-24(31-2)27-15-18)8-5-9-22(17)32-20-12-13-26-23(14-20)29-19-6-3-4-7-19;1-2;;/h3,5-15H,4,16H2,1-2H3,(H,26,29)(H,28,30);1-2H3;2*1H. The first-order valence-electron chi connectivity index (χ1n) is 11.3. The number of nitrogens with zero attached hydrogens (tertiary/aromatic N) is 2. The lowest BCUT2D eigenvalue weighted by Gasteiger charge is -2.13. The van der Waals surface area contributed by atoms with Gasteiger partial charge in [0.25, 0.3) is 5.91 Å². The molecule has 3 aromatic rings. The van der Waals surface area contributed by atoms with Gasteiger partial charge in [-0.3, -0.25) is 4.79 Å². The van der Waals surface area contributed by atoms with Crippen LogP contribution in [0.15, 0.2) is 78.8 Å². The molecule has 1 aliphatic rings. The molecule has 0 spiro atoms. The second-order valence-corrected chi connectivity index (χ2v) is 7.22. The molecule has 2 heterocycles. The van der Waals surface area contributed by atoms with Gasteiger partial charge < -0.3 is 20.1 Å². The normalized spacial score (nSPS) is 11.7. The van der Waals surface area contributed by atoms with Gasteiger partial charge in [-0.1, -0.05) is 38.1 Å². The van der Waals surface area contributed by atoms with Gasteiger partial charge in [0.2, 0.25) is 5.88 Å². The first kappa shape index (κ1) is 24.5. The van der Waals surface area contributed by atoms with Crippen molar-refractivity contribution in [3.8, 4) is 17.4 Å². The molecule has 1 amide bonds. The summed E-state index contributed by atoms with van der Waals surface area (Å²) in [7, 11) is 1.56. The smallest absolute Gasteiger partial charge is 0.251 e. The van der Waals surface area contributed by atoms with Crippen molar-refractivity contribution in [2.45, 2.75) is 33.7 Å². The first-order chi connectivity index (χ1) is 16.6. The van der Waals surface area contributed by atoms with E-state index >= 15 is 0 Å². The molecule has 2 aromatic heterocycles. The lowest BCUT2D eigenvalue weighted by Crippen LogP contribution is -2.23. The Balaban J connectivity index is 0.00000158. The van der Waals surface area contributed by atoms with Gasteiger partial charge in [0.1, 0.15) is 17.3 Å². The fraction of sp³-hybridized carbons (Fsp3) is 0.222. The monoisotopic (exact) mass is 462 g/mol. The van der Waals surface area contributed by atoms with Crippen LogP contribution < -0.4 is 20.1 Å². The minimum Gasteiger partial charge on any atom is -0.481 e.